The minimum atomic E-state index is -0.363. The standard InChI is InChI=1S/C16H15BrN2O2S/c1-11(22-12-7-3-2-4-8-12)15(20)18-19-16(21)13-9-5-6-10-14(13)17/h2-11H,1H3,(H,18,20)(H,19,21). The van der Waals surface area contributed by atoms with Gasteiger partial charge < -0.3 is 0 Å². The Labute approximate surface area is 141 Å². The molecular formula is C16H15BrN2O2S. The molecule has 2 N–H and O–H groups in total. The van der Waals surface area contributed by atoms with Crippen LogP contribution in [0.3, 0.4) is 0 Å². The molecule has 2 rings (SSSR count). The van der Waals surface area contributed by atoms with Gasteiger partial charge in [-0.25, -0.2) is 0 Å². The predicted molar refractivity (Wildman–Crippen MR) is 91.5 cm³/mol. The number of hydrogen-bond acceptors (Lipinski definition) is 3. The first kappa shape index (κ1) is 16.6. The summed E-state index contributed by atoms with van der Waals surface area (Å²) in [6.07, 6.45) is 0. The van der Waals surface area contributed by atoms with Crippen LogP contribution in [0.2, 0.25) is 0 Å². The summed E-state index contributed by atoms with van der Waals surface area (Å²) in [4.78, 5) is 25.0. The lowest BCUT2D eigenvalue weighted by Gasteiger charge is -2.13. The topological polar surface area (TPSA) is 58.2 Å². The van der Waals surface area contributed by atoms with Crippen LogP contribution >= 0.6 is 27.7 Å². The van der Waals surface area contributed by atoms with Crippen molar-refractivity contribution in [2.24, 2.45) is 0 Å². The van der Waals surface area contributed by atoms with Crippen molar-refractivity contribution in [1.82, 2.24) is 10.9 Å². The molecule has 0 saturated heterocycles. The molecule has 0 aliphatic rings. The lowest BCUT2D eigenvalue weighted by Crippen LogP contribution is -2.45. The number of carbonyl (C=O) groups excluding carboxylic acids is 2. The number of carbonyl (C=O) groups is 2. The lowest BCUT2D eigenvalue weighted by molar-refractivity contribution is -0.121. The maximum Gasteiger partial charge on any atom is 0.270 e. The van der Waals surface area contributed by atoms with Crippen LogP contribution in [0.15, 0.2) is 64.0 Å². The van der Waals surface area contributed by atoms with Crippen molar-refractivity contribution in [2.75, 3.05) is 0 Å². The Balaban J connectivity index is 1.87. The van der Waals surface area contributed by atoms with Gasteiger partial charge >= 0.3 is 0 Å². The maximum absolute atomic E-state index is 12.0. The lowest BCUT2D eigenvalue weighted by atomic mass is 10.2. The molecule has 0 fully saturated rings. The summed E-state index contributed by atoms with van der Waals surface area (Å²) in [7, 11) is 0. The van der Waals surface area contributed by atoms with Gasteiger partial charge in [-0.15, -0.1) is 11.8 Å². The van der Waals surface area contributed by atoms with Gasteiger partial charge in [-0.2, -0.15) is 0 Å². The van der Waals surface area contributed by atoms with Crippen molar-refractivity contribution in [3.05, 3.63) is 64.6 Å². The number of amides is 2. The molecule has 1 unspecified atom stereocenters. The second-order valence-electron chi connectivity index (χ2n) is 4.50. The Morgan fingerprint density at radius 1 is 1.00 bits per heavy atom. The van der Waals surface area contributed by atoms with E-state index in [1.165, 1.54) is 11.8 Å². The molecule has 0 spiro atoms. The van der Waals surface area contributed by atoms with Crippen LogP contribution in [0.5, 0.6) is 0 Å². The van der Waals surface area contributed by atoms with E-state index in [0.29, 0.717) is 10.0 Å². The molecule has 0 bridgehead atoms. The summed E-state index contributed by atoms with van der Waals surface area (Å²) in [5, 5.41) is -0.318. The van der Waals surface area contributed by atoms with Crippen LogP contribution in [-0.4, -0.2) is 17.1 Å². The summed E-state index contributed by atoms with van der Waals surface area (Å²) in [6.45, 7) is 1.79. The third kappa shape index (κ3) is 4.61. The van der Waals surface area contributed by atoms with Crippen LogP contribution in [0, 0.1) is 0 Å². The highest BCUT2D eigenvalue weighted by Gasteiger charge is 2.16. The minimum absolute atomic E-state index is 0.255. The van der Waals surface area contributed by atoms with Crippen molar-refractivity contribution in [2.45, 2.75) is 17.1 Å². The largest absolute Gasteiger partial charge is 0.272 e. The van der Waals surface area contributed by atoms with Gasteiger partial charge in [0.05, 0.1) is 10.8 Å². The molecule has 0 aromatic heterocycles. The van der Waals surface area contributed by atoms with E-state index in [-0.39, 0.29) is 17.1 Å². The van der Waals surface area contributed by atoms with E-state index in [0.717, 1.165) is 4.90 Å². The summed E-state index contributed by atoms with van der Waals surface area (Å²) in [5.41, 5.74) is 5.34. The Kier molecular flexibility index (Phi) is 6.03. The summed E-state index contributed by atoms with van der Waals surface area (Å²) in [6, 6.07) is 16.7. The van der Waals surface area contributed by atoms with Gasteiger partial charge in [0.15, 0.2) is 0 Å². The van der Waals surface area contributed by atoms with Gasteiger partial charge in [0, 0.05) is 9.37 Å². The van der Waals surface area contributed by atoms with Gasteiger partial charge in [-0.3, -0.25) is 20.4 Å². The van der Waals surface area contributed by atoms with E-state index >= 15 is 0 Å². The molecule has 1 atom stereocenters. The normalized spacial score (nSPS) is 11.5. The molecule has 4 nitrogen and oxygen atoms in total. The van der Waals surface area contributed by atoms with E-state index in [9.17, 15) is 9.59 Å². The molecule has 0 saturated carbocycles. The SMILES string of the molecule is CC(Sc1ccccc1)C(=O)NNC(=O)c1ccccc1Br. The number of benzene rings is 2. The summed E-state index contributed by atoms with van der Waals surface area (Å²) in [5.74, 6) is -0.619. The maximum atomic E-state index is 12.0. The molecule has 0 heterocycles. The third-order valence-electron chi connectivity index (χ3n) is 2.84. The summed E-state index contributed by atoms with van der Waals surface area (Å²) < 4.78 is 0.674. The van der Waals surface area contributed by atoms with Crippen molar-refractivity contribution in [1.29, 1.82) is 0 Å². The van der Waals surface area contributed by atoms with Crippen LogP contribution in [0.25, 0.3) is 0 Å². The fraction of sp³-hybridized carbons (Fsp3) is 0.125. The average Bonchev–Trinajstić information content (AvgIpc) is 2.53. The molecule has 2 aromatic rings. The number of rotatable bonds is 4. The summed E-state index contributed by atoms with van der Waals surface area (Å²) >= 11 is 4.73. The molecule has 114 valence electrons. The first-order valence-corrected chi connectivity index (χ1v) is 8.31. The van der Waals surface area contributed by atoms with E-state index in [1.807, 2.05) is 36.4 Å². The zero-order chi connectivity index (χ0) is 15.9. The van der Waals surface area contributed by atoms with E-state index in [2.05, 4.69) is 26.8 Å². The minimum Gasteiger partial charge on any atom is -0.272 e. The predicted octanol–water partition coefficient (Wildman–Crippen LogP) is 3.39. The van der Waals surface area contributed by atoms with Crippen LogP contribution < -0.4 is 10.9 Å². The fourth-order valence-electron chi connectivity index (χ4n) is 1.69. The van der Waals surface area contributed by atoms with Gasteiger partial charge in [-0.1, -0.05) is 30.3 Å². The number of thioether (sulfide) groups is 1. The molecule has 2 aromatic carbocycles. The first-order chi connectivity index (χ1) is 10.6. The van der Waals surface area contributed by atoms with Gasteiger partial charge in [0.1, 0.15) is 0 Å². The quantitative estimate of drug-likeness (QED) is 0.633. The molecule has 22 heavy (non-hydrogen) atoms. The highest BCUT2D eigenvalue weighted by atomic mass is 79.9. The monoisotopic (exact) mass is 378 g/mol. The Morgan fingerprint density at radius 2 is 1.64 bits per heavy atom. The van der Waals surface area contributed by atoms with Gasteiger partial charge in [-0.05, 0) is 47.1 Å². The number of hydrogen-bond donors (Lipinski definition) is 2. The molecular weight excluding hydrogens is 364 g/mol. The Hall–Kier alpha value is -1.79. The highest BCUT2D eigenvalue weighted by Crippen LogP contribution is 2.22. The Bertz CT molecular complexity index is 664. The zero-order valence-electron chi connectivity index (χ0n) is 11.9. The highest BCUT2D eigenvalue weighted by molar-refractivity contribution is 9.10. The van der Waals surface area contributed by atoms with Gasteiger partial charge in [0.25, 0.3) is 11.8 Å². The number of hydrazine groups is 1. The smallest absolute Gasteiger partial charge is 0.270 e. The van der Waals surface area contributed by atoms with Crippen molar-refractivity contribution >= 4 is 39.5 Å². The first-order valence-electron chi connectivity index (χ1n) is 6.64. The van der Waals surface area contributed by atoms with Crippen LogP contribution in [0.1, 0.15) is 17.3 Å². The fourth-order valence-corrected chi connectivity index (χ4v) is 3.04. The van der Waals surface area contributed by atoms with E-state index in [4.69, 9.17) is 0 Å². The van der Waals surface area contributed by atoms with Crippen LogP contribution in [-0.2, 0) is 4.79 Å². The molecule has 6 heteroatoms. The number of halogens is 1. The molecule has 0 radical (unpaired) electrons. The molecule has 2 amide bonds. The molecule has 0 aliphatic carbocycles. The van der Waals surface area contributed by atoms with Crippen molar-refractivity contribution in [3.63, 3.8) is 0 Å². The second-order valence-corrected chi connectivity index (χ2v) is 6.76. The van der Waals surface area contributed by atoms with Crippen LogP contribution in [0.4, 0.5) is 0 Å². The zero-order valence-corrected chi connectivity index (χ0v) is 14.3. The van der Waals surface area contributed by atoms with E-state index in [1.54, 1.807) is 25.1 Å². The van der Waals surface area contributed by atoms with Crippen molar-refractivity contribution in [3.8, 4) is 0 Å². The van der Waals surface area contributed by atoms with Gasteiger partial charge in [0.2, 0.25) is 0 Å². The van der Waals surface area contributed by atoms with E-state index < -0.39 is 0 Å². The average molecular weight is 379 g/mol. The third-order valence-corrected chi connectivity index (χ3v) is 4.65. The Morgan fingerprint density at radius 3 is 2.32 bits per heavy atom. The van der Waals surface area contributed by atoms with Crippen molar-refractivity contribution < 1.29 is 9.59 Å². The number of nitrogens with one attached hydrogen (secondary N) is 2. The second kappa shape index (κ2) is 8.00. The molecule has 0 aliphatic heterocycles.